The molecule has 5 atom stereocenters. The van der Waals surface area contributed by atoms with Crippen molar-refractivity contribution in [1.82, 2.24) is 14.7 Å². The highest BCUT2D eigenvalue weighted by Gasteiger charge is 2.75. The smallest absolute Gasteiger partial charge is 0.249 e. The summed E-state index contributed by atoms with van der Waals surface area (Å²) in [6, 6.07) is 6.47. The second kappa shape index (κ2) is 12.6. The van der Waals surface area contributed by atoms with Crippen molar-refractivity contribution < 1.29 is 33.7 Å². The van der Waals surface area contributed by atoms with Crippen molar-refractivity contribution in [2.24, 2.45) is 11.8 Å². The number of ether oxygens (including phenoxy) is 3. The number of nitrogens with zero attached hydrogens (tertiary/aromatic N) is 4. The third-order valence-electron chi connectivity index (χ3n) is 9.83. The van der Waals surface area contributed by atoms with Crippen LogP contribution in [-0.2, 0) is 23.9 Å². The molecule has 5 aliphatic rings. The van der Waals surface area contributed by atoms with E-state index in [1.54, 1.807) is 14.7 Å². The number of morpholine rings is 1. The van der Waals surface area contributed by atoms with Gasteiger partial charge < -0.3 is 34.0 Å². The molecule has 238 valence electrons. The first-order valence-electron chi connectivity index (χ1n) is 16.0. The summed E-state index contributed by atoms with van der Waals surface area (Å²) in [7, 11) is 0. The predicted molar refractivity (Wildman–Crippen MR) is 163 cm³/mol. The number of carbonyl (C=O) groups is 3. The molecule has 0 aliphatic carbocycles. The summed E-state index contributed by atoms with van der Waals surface area (Å²) in [6.07, 6.45) is 8.49. The van der Waals surface area contributed by atoms with Gasteiger partial charge in [0.15, 0.2) is 0 Å². The summed E-state index contributed by atoms with van der Waals surface area (Å²) >= 11 is 0. The number of carbonyl (C=O) groups excluding carboxylic acids is 3. The number of likely N-dealkylation sites (tertiary alicyclic amines) is 1. The summed E-state index contributed by atoms with van der Waals surface area (Å²) in [4.78, 5) is 50.9. The van der Waals surface area contributed by atoms with E-state index in [1.165, 1.54) is 0 Å². The van der Waals surface area contributed by atoms with Crippen molar-refractivity contribution in [3.8, 4) is 5.75 Å². The lowest BCUT2D eigenvalue weighted by atomic mass is 9.73. The molecule has 1 aromatic rings. The number of anilines is 1. The monoisotopic (exact) mass is 608 g/mol. The first kappa shape index (κ1) is 30.8. The van der Waals surface area contributed by atoms with Gasteiger partial charge in [-0.15, -0.1) is 0 Å². The Balaban J connectivity index is 1.36. The zero-order chi connectivity index (χ0) is 30.9. The van der Waals surface area contributed by atoms with E-state index in [1.807, 2.05) is 62.4 Å². The van der Waals surface area contributed by atoms with Crippen LogP contribution < -0.4 is 9.64 Å². The fourth-order valence-electron chi connectivity index (χ4n) is 7.70. The van der Waals surface area contributed by atoms with Gasteiger partial charge in [0, 0.05) is 58.1 Å². The minimum absolute atomic E-state index is 0.116. The van der Waals surface area contributed by atoms with E-state index in [4.69, 9.17) is 14.2 Å². The van der Waals surface area contributed by atoms with Crippen molar-refractivity contribution in [2.45, 2.75) is 43.9 Å². The zero-order valence-corrected chi connectivity index (χ0v) is 25.7. The maximum absolute atomic E-state index is 14.6. The SMILES string of the molecule is CCOc1ccc(N2CC=C[C@@]3(CC)O[C@]45C=CCN(CCN6CCOCC6)C(=O)C4N(CCCO)C(=O)[C@@H]5[C@H]3C2=O)cc1. The van der Waals surface area contributed by atoms with E-state index in [0.717, 1.165) is 13.1 Å². The molecule has 1 unspecified atom stereocenters. The molecule has 3 fully saturated rings. The quantitative estimate of drug-likeness (QED) is 0.398. The first-order chi connectivity index (χ1) is 21.4. The van der Waals surface area contributed by atoms with Gasteiger partial charge in [0.1, 0.15) is 17.4 Å². The van der Waals surface area contributed by atoms with Gasteiger partial charge in [-0.3, -0.25) is 19.3 Å². The summed E-state index contributed by atoms with van der Waals surface area (Å²) in [5.74, 6) is -1.65. The molecule has 0 aromatic heterocycles. The molecule has 5 aliphatic heterocycles. The molecule has 3 amide bonds. The lowest BCUT2D eigenvalue weighted by molar-refractivity contribution is -0.152. The van der Waals surface area contributed by atoms with E-state index in [9.17, 15) is 19.5 Å². The Kier molecular flexibility index (Phi) is 8.83. The second-order valence-electron chi connectivity index (χ2n) is 12.1. The van der Waals surface area contributed by atoms with Crippen LogP contribution in [0, 0.1) is 11.8 Å². The van der Waals surface area contributed by atoms with Crippen LogP contribution in [0.2, 0.25) is 0 Å². The molecular weight excluding hydrogens is 564 g/mol. The largest absolute Gasteiger partial charge is 0.494 e. The predicted octanol–water partition coefficient (Wildman–Crippen LogP) is 1.46. The lowest BCUT2D eigenvalue weighted by Gasteiger charge is -2.38. The molecule has 6 rings (SSSR count). The molecule has 11 nitrogen and oxygen atoms in total. The highest BCUT2D eigenvalue weighted by atomic mass is 16.5. The number of benzene rings is 1. The third kappa shape index (κ3) is 5.13. The summed E-state index contributed by atoms with van der Waals surface area (Å²) < 4.78 is 18.1. The van der Waals surface area contributed by atoms with Crippen molar-refractivity contribution in [1.29, 1.82) is 0 Å². The van der Waals surface area contributed by atoms with Crippen LogP contribution in [0.1, 0.15) is 26.7 Å². The van der Waals surface area contributed by atoms with Gasteiger partial charge in [-0.25, -0.2) is 0 Å². The highest BCUT2D eigenvalue weighted by Crippen LogP contribution is 2.58. The molecule has 0 bridgehead atoms. The van der Waals surface area contributed by atoms with Gasteiger partial charge in [0.05, 0.1) is 37.3 Å². The Hall–Kier alpha value is -3.25. The highest BCUT2D eigenvalue weighted by molar-refractivity contribution is 6.04. The van der Waals surface area contributed by atoms with E-state index < -0.39 is 29.1 Å². The molecule has 1 spiro atoms. The number of aliphatic hydroxyl groups is 1. The maximum Gasteiger partial charge on any atom is 0.249 e. The lowest BCUT2D eigenvalue weighted by Crippen LogP contribution is -2.57. The molecule has 5 heterocycles. The second-order valence-corrected chi connectivity index (χ2v) is 12.1. The average molecular weight is 609 g/mol. The van der Waals surface area contributed by atoms with Crippen LogP contribution in [0.25, 0.3) is 0 Å². The number of fused-ring (bicyclic) bond motifs is 2. The van der Waals surface area contributed by atoms with Crippen LogP contribution in [0.15, 0.2) is 48.6 Å². The van der Waals surface area contributed by atoms with Crippen LogP contribution in [-0.4, -0.2) is 127 Å². The molecule has 0 radical (unpaired) electrons. The van der Waals surface area contributed by atoms with E-state index in [0.29, 0.717) is 70.3 Å². The Bertz CT molecular complexity index is 1300. The number of aliphatic hydroxyl groups excluding tert-OH is 1. The number of hydrogen-bond donors (Lipinski definition) is 1. The summed E-state index contributed by atoms with van der Waals surface area (Å²) in [5.41, 5.74) is -1.65. The molecular formula is C33H44N4O7. The molecule has 11 heteroatoms. The van der Waals surface area contributed by atoms with E-state index in [-0.39, 0.29) is 30.9 Å². The van der Waals surface area contributed by atoms with Gasteiger partial charge in [-0.1, -0.05) is 31.2 Å². The van der Waals surface area contributed by atoms with E-state index >= 15 is 0 Å². The van der Waals surface area contributed by atoms with Gasteiger partial charge in [-0.2, -0.15) is 0 Å². The maximum atomic E-state index is 14.6. The standard InChI is InChI=1S/C33H44N4O7/c1-3-32-12-5-15-36(24-8-10-25(11-9-24)43-4-2)29(39)26(32)27-30(40)37(16-7-21-38)28-31(41)35(14-6-13-33(27,28)44-32)18-17-34-19-22-42-23-20-34/h5-6,8-13,26-28,38H,3-4,7,14-23H2,1-2H3/t26-,27-,28?,32+,33-/m0/s1. The molecule has 1 aromatic carbocycles. The van der Waals surface area contributed by atoms with E-state index in [2.05, 4.69) is 4.90 Å². The Labute approximate surface area is 259 Å². The topological polar surface area (TPSA) is 112 Å². The van der Waals surface area contributed by atoms with Gasteiger partial charge in [0.2, 0.25) is 17.7 Å². The Morgan fingerprint density at radius 2 is 1.66 bits per heavy atom. The normalized spacial score (nSPS) is 32.0. The number of rotatable bonds is 10. The number of hydrogen-bond acceptors (Lipinski definition) is 8. The number of amides is 3. The first-order valence-corrected chi connectivity index (χ1v) is 16.0. The fraction of sp³-hybridized carbons (Fsp3) is 0.606. The summed E-state index contributed by atoms with van der Waals surface area (Å²) in [6.45, 7) is 9.45. The van der Waals surface area contributed by atoms with Crippen molar-refractivity contribution in [2.75, 3.05) is 77.1 Å². The zero-order valence-electron chi connectivity index (χ0n) is 25.7. The van der Waals surface area contributed by atoms with Crippen molar-refractivity contribution in [3.05, 3.63) is 48.6 Å². The average Bonchev–Trinajstić information content (AvgIpc) is 3.33. The van der Waals surface area contributed by atoms with Gasteiger partial charge in [-0.05, 0) is 44.0 Å². The Morgan fingerprint density at radius 3 is 2.36 bits per heavy atom. The molecule has 0 saturated carbocycles. The molecule has 44 heavy (non-hydrogen) atoms. The van der Waals surface area contributed by atoms with Crippen LogP contribution in [0.5, 0.6) is 5.75 Å². The summed E-state index contributed by atoms with van der Waals surface area (Å²) in [5, 5.41) is 9.70. The molecule has 1 N–H and O–H groups in total. The Morgan fingerprint density at radius 1 is 0.909 bits per heavy atom. The minimum Gasteiger partial charge on any atom is -0.494 e. The van der Waals surface area contributed by atoms with Crippen LogP contribution in [0.4, 0.5) is 5.69 Å². The van der Waals surface area contributed by atoms with Crippen LogP contribution in [0.3, 0.4) is 0 Å². The third-order valence-corrected chi connectivity index (χ3v) is 9.83. The van der Waals surface area contributed by atoms with Crippen LogP contribution >= 0.6 is 0 Å². The molecule has 3 saturated heterocycles. The van der Waals surface area contributed by atoms with Gasteiger partial charge >= 0.3 is 0 Å². The van der Waals surface area contributed by atoms with Crippen molar-refractivity contribution in [3.63, 3.8) is 0 Å². The van der Waals surface area contributed by atoms with Gasteiger partial charge in [0.25, 0.3) is 0 Å². The minimum atomic E-state index is -1.31. The van der Waals surface area contributed by atoms with Crippen molar-refractivity contribution >= 4 is 23.4 Å². The fourth-order valence-corrected chi connectivity index (χ4v) is 7.70.